The summed E-state index contributed by atoms with van der Waals surface area (Å²) in [5, 5.41) is 7.41. The second kappa shape index (κ2) is 10.2. The van der Waals surface area contributed by atoms with Crippen molar-refractivity contribution in [3.05, 3.63) is 113 Å². The minimum absolute atomic E-state index is 0.220. The number of amides is 2. The van der Waals surface area contributed by atoms with Crippen molar-refractivity contribution in [2.24, 2.45) is 0 Å². The van der Waals surface area contributed by atoms with E-state index in [0.29, 0.717) is 44.1 Å². The third kappa shape index (κ3) is 5.35. The van der Waals surface area contributed by atoms with Crippen molar-refractivity contribution < 1.29 is 18.4 Å². The molecule has 0 radical (unpaired) electrons. The maximum absolute atomic E-state index is 12.5. The highest BCUT2D eigenvalue weighted by Gasteiger charge is 2.12. The molecule has 2 aromatic heterocycles. The number of carbonyl (C=O) groups is 2. The average molecular weight is 517 g/mol. The van der Waals surface area contributed by atoms with Gasteiger partial charge in [0, 0.05) is 33.4 Å². The van der Waals surface area contributed by atoms with Crippen LogP contribution in [0.25, 0.3) is 28.4 Å². The molecule has 5 aromatic rings. The molecular weight excluding hydrogens is 499 g/mol. The van der Waals surface area contributed by atoms with Gasteiger partial charge in [0.1, 0.15) is 17.1 Å². The normalized spacial score (nSPS) is 11.2. The lowest BCUT2D eigenvalue weighted by atomic mass is 10.2. The van der Waals surface area contributed by atoms with Crippen LogP contribution in [0.5, 0.6) is 0 Å². The van der Waals surface area contributed by atoms with Gasteiger partial charge in [-0.3, -0.25) is 9.59 Å². The molecule has 0 aliphatic rings. The van der Waals surface area contributed by atoms with Crippen LogP contribution in [0.1, 0.15) is 16.3 Å². The zero-order valence-corrected chi connectivity index (χ0v) is 20.1. The van der Waals surface area contributed by atoms with Crippen LogP contribution < -0.4 is 10.6 Å². The van der Waals surface area contributed by atoms with E-state index in [1.807, 2.05) is 18.2 Å². The molecule has 5 rings (SSSR count). The summed E-state index contributed by atoms with van der Waals surface area (Å²) in [4.78, 5) is 24.8. The fraction of sp³-hybridized carbons (Fsp3) is 0. The lowest BCUT2D eigenvalue weighted by molar-refractivity contribution is -0.111. The molecule has 178 valence electrons. The van der Waals surface area contributed by atoms with Gasteiger partial charge in [-0.05, 0) is 72.8 Å². The first-order chi connectivity index (χ1) is 17.4. The van der Waals surface area contributed by atoms with Gasteiger partial charge in [0.2, 0.25) is 5.91 Å². The van der Waals surface area contributed by atoms with Crippen LogP contribution >= 0.6 is 23.2 Å². The zero-order valence-electron chi connectivity index (χ0n) is 18.6. The molecule has 2 amide bonds. The van der Waals surface area contributed by atoms with E-state index in [1.165, 1.54) is 6.08 Å². The van der Waals surface area contributed by atoms with Crippen LogP contribution in [-0.4, -0.2) is 11.8 Å². The van der Waals surface area contributed by atoms with Gasteiger partial charge in [-0.15, -0.1) is 0 Å². The molecule has 0 bridgehead atoms. The monoisotopic (exact) mass is 516 g/mol. The van der Waals surface area contributed by atoms with Crippen molar-refractivity contribution in [3.63, 3.8) is 0 Å². The smallest absolute Gasteiger partial charge is 0.291 e. The van der Waals surface area contributed by atoms with E-state index in [2.05, 4.69) is 10.6 Å². The number of hydrogen-bond acceptors (Lipinski definition) is 4. The summed E-state index contributed by atoms with van der Waals surface area (Å²) in [6.07, 6.45) is 2.92. The molecule has 6 nitrogen and oxygen atoms in total. The first-order valence-electron chi connectivity index (χ1n) is 10.9. The third-order valence-electron chi connectivity index (χ3n) is 5.28. The van der Waals surface area contributed by atoms with Crippen LogP contribution in [0.2, 0.25) is 10.0 Å². The van der Waals surface area contributed by atoms with Gasteiger partial charge in [0.15, 0.2) is 5.76 Å². The Morgan fingerprint density at radius 1 is 0.778 bits per heavy atom. The van der Waals surface area contributed by atoms with E-state index >= 15 is 0 Å². The van der Waals surface area contributed by atoms with Gasteiger partial charge in [-0.1, -0.05) is 41.4 Å². The first kappa shape index (κ1) is 23.5. The number of benzene rings is 3. The Labute approximate surface area is 216 Å². The zero-order chi connectivity index (χ0) is 25.1. The first-order valence-corrected chi connectivity index (χ1v) is 11.6. The van der Waals surface area contributed by atoms with E-state index in [4.69, 9.17) is 32.0 Å². The van der Waals surface area contributed by atoms with Gasteiger partial charge in [0.05, 0.1) is 5.02 Å². The number of carbonyl (C=O) groups excluding carboxylic acids is 2. The van der Waals surface area contributed by atoms with Gasteiger partial charge in [-0.2, -0.15) is 0 Å². The largest absolute Gasteiger partial charge is 0.457 e. The topological polar surface area (TPSA) is 84.5 Å². The van der Waals surface area contributed by atoms with Crippen LogP contribution in [-0.2, 0) is 4.79 Å². The van der Waals surface area contributed by atoms with Crippen molar-refractivity contribution in [2.75, 3.05) is 10.6 Å². The Balaban J connectivity index is 1.18. The summed E-state index contributed by atoms with van der Waals surface area (Å²) in [5.41, 5.74) is 2.49. The van der Waals surface area contributed by atoms with E-state index in [0.717, 1.165) is 5.39 Å². The number of hydrogen-bond donors (Lipinski definition) is 2. The van der Waals surface area contributed by atoms with Crippen molar-refractivity contribution in [1.29, 1.82) is 0 Å². The predicted octanol–water partition coefficient (Wildman–Crippen LogP) is 7.90. The fourth-order valence-corrected chi connectivity index (χ4v) is 4.04. The van der Waals surface area contributed by atoms with Gasteiger partial charge >= 0.3 is 0 Å². The number of halogens is 2. The molecule has 2 heterocycles. The van der Waals surface area contributed by atoms with Crippen LogP contribution in [0.15, 0.2) is 99.8 Å². The highest BCUT2D eigenvalue weighted by atomic mass is 35.5. The molecule has 0 fully saturated rings. The Morgan fingerprint density at radius 2 is 1.53 bits per heavy atom. The Kier molecular flexibility index (Phi) is 6.62. The average Bonchev–Trinajstić information content (AvgIpc) is 3.51. The maximum Gasteiger partial charge on any atom is 0.291 e. The molecule has 0 aliphatic carbocycles. The van der Waals surface area contributed by atoms with Crippen molar-refractivity contribution in [1.82, 2.24) is 0 Å². The Bertz CT molecular complexity index is 1570. The third-order valence-corrected chi connectivity index (χ3v) is 5.83. The molecule has 0 atom stereocenters. The summed E-state index contributed by atoms with van der Waals surface area (Å²) in [6.45, 7) is 0. The van der Waals surface area contributed by atoms with E-state index < -0.39 is 0 Å². The molecule has 0 unspecified atom stereocenters. The highest BCUT2D eigenvalue weighted by Crippen LogP contribution is 2.31. The van der Waals surface area contributed by atoms with E-state index in [9.17, 15) is 9.59 Å². The van der Waals surface area contributed by atoms with Crippen LogP contribution in [0.4, 0.5) is 11.4 Å². The standard InChI is InChI=1S/C28H18Cl2N2O4/c29-18-5-12-22(23(30)16-18)25-13-10-21(35-25)11-14-27(33)31-19-6-8-20(9-7-19)32-28(34)26-15-17-3-1-2-4-24(17)36-26/h1-16H,(H,31,33)(H,32,34)/b14-11+. The molecule has 0 saturated carbocycles. The minimum atomic E-state index is -0.358. The molecule has 8 heteroatoms. The van der Waals surface area contributed by atoms with Crippen molar-refractivity contribution >= 4 is 63.4 Å². The van der Waals surface area contributed by atoms with Crippen LogP contribution in [0, 0.1) is 0 Å². The number of fused-ring (bicyclic) bond motifs is 1. The van der Waals surface area contributed by atoms with Crippen molar-refractivity contribution in [3.8, 4) is 11.3 Å². The summed E-state index contributed by atoms with van der Waals surface area (Å²) in [5.74, 6) is 0.588. The van der Waals surface area contributed by atoms with E-state index in [-0.39, 0.29) is 17.6 Å². The minimum Gasteiger partial charge on any atom is -0.457 e. The Morgan fingerprint density at radius 3 is 2.28 bits per heavy atom. The lowest BCUT2D eigenvalue weighted by Gasteiger charge is -2.06. The molecule has 0 aliphatic heterocycles. The number of furan rings is 2. The van der Waals surface area contributed by atoms with Gasteiger partial charge < -0.3 is 19.5 Å². The molecule has 3 aromatic carbocycles. The van der Waals surface area contributed by atoms with Crippen molar-refractivity contribution in [2.45, 2.75) is 0 Å². The summed E-state index contributed by atoms with van der Waals surface area (Å²) in [6, 6.07) is 24.5. The second-order valence-electron chi connectivity index (χ2n) is 7.83. The summed E-state index contributed by atoms with van der Waals surface area (Å²) < 4.78 is 11.3. The fourth-order valence-electron chi connectivity index (χ4n) is 3.54. The molecule has 36 heavy (non-hydrogen) atoms. The van der Waals surface area contributed by atoms with Gasteiger partial charge in [0.25, 0.3) is 5.91 Å². The van der Waals surface area contributed by atoms with Gasteiger partial charge in [-0.25, -0.2) is 0 Å². The number of rotatable bonds is 6. The second-order valence-corrected chi connectivity index (χ2v) is 8.67. The number of para-hydroxylation sites is 1. The maximum atomic E-state index is 12.5. The molecular formula is C28H18Cl2N2O4. The molecule has 2 N–H and O–H groups in total. The summed E-state index contributed by atoms with van der Waals surface area (Å²) >= 11 is 12.2. The number of anilines is 2. The number of nitrogens with one attached hydrogen (secondary N) is 2. The van der Waals surface area contributed by atoms with E-state index in [1.54, 1.807) is 72.8 Å². The highest BCUT2D eigenvalue weighted by molar-refractivity contribution is 6.36. The quantitative estimate of drug-likeness (QED) is 0.224. The van der Waals surface area contributed by atoms with Crippen LogP contribution in [0.3, 0.4) is 0 Å². The SMILES string of the molecule is O=C(/C=C/c1ccc(-c2ccc(Cl)cc2Cl)o1)Nc1ccc(NC(=O)c2cc3ccccc3o2)cc1. The lowest BCUT2D eigenvalue weighted by Crippen LogP contribution is -2.11. The predicted molar refractivity (Wildman–Crippen MR) is 142 cm³/mol. The molecule has 0 saturated heterocycles. The summed E-state index contributed by atoms with van der Waals surface area (Å²) in [7, 11) is 0. The Hall–Kier alpha value is -4.26. The molecule has 0 spiro atoms.